The number of rotatable bonds is 1. The number of hydrogen-bond acceptors (Lipinski definition) is 3. The predicted molar refractivity (Wildman–Crippen MR) is 62.1 cm³/mol. The molecular weight excluding hydrogens is 228 g/mol. The molecule has 0 spiro atoms. The lowest BCUT2D eigenvalue weighted by molar-refractivity contribution is -0.144. The maximum atomic E-state index is 12.0. The molecule has 1 saturated heterocycles. The van der Waals surface area contributed by atoms with E-state index in [4.69, 9.17) is 22.2 Å². The SMILES string of the molecule is Nc1ccc(Cl)c(C(=O)N2CCCCO2)c1. The average Bonchev–Trinajstić information content (AvgIpc) is 2.32. The number of hydrogen-bond donors (Lipinski definition) is 1. The summed E-state index contributed by atoms with van der Waals surface area (Å²) in [6.07, 6.45) is 1.93. The van der Waals surface area contributed by atoms with Crippen LogP contribution in [-0.2, 0) is 4.84 Å². The lowest BCUT2D eigenvalue weighted by Crippen LogP contribution is -2.35. The standard InChI is InChI=1S/C11H13ClN2O2/c12-10-4-3-8(13)7-9(10)11(15)14-5-1-2-6-16-14/h3-4,7H,1-2,5-6,13H2. The number of hydroxylamine groups is 2. The van der Waals surface area contributed by atoms with Gasteiger partial charge in [0, 0.05) is 12.2 Å². The summed E-state index contributed by atoms with van der Waals surface area (Å²) in [6.45, 7) is 1.18. The van der Waals surface area contributed by atoms with Gasteiger partial charge in [-0.3, -0.25) is 9.63 Å². The summed E-state index contributed by atoms with van der Waals surface area (Å²) in [5.74, 6) is -0.225. The van der Waals surface area contributed by atoms with Crippen molar-refractivity contribution in [1.82, 2.24) is 5.06 Å². The fourth-order valence-corrected chi connectivity index (χ4v) is 1.80. The van der Waals surface area contributed by atoms with Crippen molar-refractivity contribution in [3.63, 3.8) is 0 Å². The number of carbonyl (C=O) groups excluding carboxylic acids is 1. The first kappa shape index (κ1) is 11.2. The van der Waals surface area contributed by atoms with Crippen molar-refractivity contribution < 1.29 is 9.63 Å². The van der Waals surface area contributed by atoms with E-state index in [1.54, 1.807) is 18.2 Å². The summed E-state index contributed by atoms with van der Waals surface area (Å²) >= 11 is 5.95. The fourth-order valence-electron chi connectivity index (χ4n) is 1.60. The monoisotopic (exact) mass is 240 g/mol. The van der Waals surface area contributed by atoms with Crippen LogP contribution >= 0.6 is 11.6 Å². The highest BCUT2D eigenvalue weighted by Crippen LogP contribution is 2.21. The molecule has 1 aliphatic rings. The molecule has 0 saturated carbocycles. The summed E-state index contributed by atoms with van der Waals surface area (Å²) in [4.78, 5) is 17.3. The van der Waals surface area contributed by atoms with Crippen LogP contribution in [-0.4, -0.2) is 24.1 Å². The topological polar surface area (TPSA) is 55.6 Å². The van der Waals surface area contributed by atoms with Gasteiger partial charge in [-0.2, -0.15) is 0 Å². The molecule has 0 aliphatic carbocycles. The van der Waals surface area contributed by atoms with Crippen molar-refractivity contribution in [2.45, 2.75) is 12.8 Å². The van der Waals surface area contributed by atoms with Crippen LogP contribution in [0.15, 0.2) is 18.2 Å². The van der Waals surface area contributed by atoms with Crippen LogP contribution in [0.4, 0.5) is 5.69 Å². The molecule has 1 aliphatic heterocycles. The highest BCUT2D eigenvalue weighted by atomic mass is 35.5. The van der Waals surface area contributed by atoms with E-state index in [0.29, 0.717) is 29.4 Å². The van der Waals surface area contributed by atoms with Gasteiger partial charge < -0.3 is 5.73 Å². The molecule has 1 heterocycles. The number of nitrogens with two attached hydrogens (primary N) is 1. The summed E-state index contributed by atoms with van der Waals surface area (Å²) in [7, 11) is 0. The number of halogens is 1. The minimum absolute atomic E-state index is 0.225. The van der Waals surface area contributed by atoms with Gasteiger partial charge in [0.1, 0.15) is 0 Å². The smallest absolute Gasteiger partial charge is 0.279 e. The van der Waals surface area contributed by atoms with Crippen molar-refractivity contribution in [2.75, 3.05) is 18.9 Å². The number of benzene rings is 1. The highest BCUT2D eigenvalue weighted by Gasteiger charge is 2.21. The predicted octanol–water partition coefficient (Wildman–Crippen LogP) is 2.09. The van der Waals surface area contributed by atoms with Crippen LogP contribution in [0.25, 0.3) is 0 Å². The lowest BCUT2D eigenvalue weighted by Gasteiger charge is -2.26. The van der Waals surface area contributed by atoms with Gasteiger partial charge in [0.15, 0.2) is 0 Å². The van der Waals surface area contributed by atoms with E-state index in [0.717, 1.165) is 12.8 Å². The lowest BCUT2D eigenvalue weighted by atomic mass is 10.1. The average molecular weight is 241 g/mol. The van der Waals surface area contributed by atoms with Gasteiger partial charge in [0.25, 0.3) is 5.91 Å². The van der Waals surface area contributed by atoms with E-state index in [1.165, 1.54) is 5.06 Å². The third-order valence-corrected chi connectivity index (χ3v) is 2.78. The van der Waals surface area contributed by atoms with Crippen molar-refractivity contribution in [3.05, 3.63) is 28.8 Å². The third-order valence-electron chi connectivity index (χ3n) is 2.45. The minimum atomic E-state index is -0.225. The molecule has 16 heavy (non-hydrogen) atoms. The van der Waals surface area contributed by atoms with Crippen LogP contribution in [0, 0.1) is 0 Å². The zero-order valence-electron chi connectivity index (χ0n) is 8.78. The molecule has 1 fully saturated rings. The molecule has 1 aromatic rings. The van der Waals surface area contributed by atoms with Gasteiger partial charge in [-0.05, 0) is 31.0 Å². The van der Waals surface area contributed by atoms with Gasteiger partial charge in [-0.1, -0.05) is 11.6 Å². The van der Waals surface area contributed by atoms with Crippen LogP contribution < -0.4 is 5.73 Å². The second-order valence-electron chi connectivity index (χ2n) is 3.69. The van der Waals surface area contributed by atoms with E-state index >= 15 is 0 Å². The Balaban J connectivity index is 2.22. The van der Waals surface area contributed by atoms with E-state index in [9.17, 15) is 4.79 Å². The summed E-state index contributed by atoms with van der Waals surface area (Å²) < 4.78 is 0. The molecule has 0 atom stereocenters. The largest absolute Gasteiger partial charge is 0.399 e. The van der Waals surface area contributed by atoms with Gasteiger partial charge in [-0.25, -0.2) is 5.06 Å². The summed E-state index contributed by atoms with van der Waals surface area (Å²) in [5, 5.41) is 1.75. The van der Waals surface area contributed by atoms with Gasteiger partial charge in [0.2, 0.25) is 0 Å². The number of nitrogens with zero attached hydrogens (tertiary/aromatic N) is 1. The third kappa shape index (κ3) is 2.28. The zero-order valence-corrected chi connectivity index (χ0v) is 9.54. The van der Waals surface area contributed by atoms with Crippen molar-refractivity contribution in [3.8, 4) is 0 Å². The van der Waals surface area contributed by atoms with Gasteiger partial charge in [0.05, 0.1) is 17.2 Å². The Morgan fingerprint density at radius 3 is 2.94 bits per heavy atom. The Bertz CT molecular complexity index is 403. The van der Waals surface area contributed by atoms with E-state index < -0.39 is 0 Å². The van der Waals surface area contributed by atoms with Crippen LogP contribution in [0.2, 0.25) is 5.02 Å². The Kier molecular flexibility index (Phi) is 3.31. The molecule has 2 rings (SSSR count). The van der Waals surface area contributed by atoms with Crippen molar-refractivity contribution in [2.24, 2.45) is 0 Å². The van der Waals surface area contributed by atoms with E-state index in [2.05, 4.69) is 0 Å². The maximum absolute atomic E-state index is 12.0. The maximum Gasteiger partial charge on any atom is 0.279 e. The molecule has 0 bridgehead atoms. The Morgan fingerprint density at radius 2 is 2.25 bits per heavy atom. The Morgan fingerprint density at radius 1 is 1.44 bits per heavy atom. The van der Waals surface area contributed by atoms with Crippen LogP contribution in [0.1, 0.15) is 23.2 Å². The fraction of sp³-hybridized carbons (Fsp3) is 0.364. The molecule has 0 unspecified atom stereocenters. The van der Waals surface area contributed by atoms with E-state index in [1.807, 2.05) is 0 Å². The second kappa shape index (κ2) is 4.72. The first-order chi connectivity index (χ1) is 7.68. The zero-order chi connectivity index (χ0) is 11.5. The Labute approximate surface area is 98.9 Å². The van der Waals surface area contributed by atoms with Crippen LogP contribution in [0.3, 0.4) is 0 Å². The van der Waals surface area contributed by atoms with Crippen molar-refractivity contribution in [1.29, 1.82) is 0 Å². The van der Waals surface area contributed by atoms with Gasteiger partial charge in [-0.15, -0.1) is 0 Å². The molecule has 2 N–H and O–H groups in total. The summed E-state index contributed by atoms with van der Waals surface area (Å²) in [5.41, 5.74) is 6.54. The molecule has 0 aromatic heterocycles. The second-order valence-corrected chi connectivity index (χ2v) is 4.09. The molecule has 4 nitrogen and oxygen atoms in total. The molecule has 86 valence electrons. The molecule has 1 amide bonds. The molecule has 0 radical (unpaired) electrons. The first-order valence-electron chi connectivity index (χ1n) is 5.18. The number of carbonyl (C=O) groups is 1. The quantitative estimate of drug-likeness (QED) is 0.765. The summed E-state index contributed by atoms with van der Waals surface area (Å²) in [6, 6.07) is 4.85. The molecule has 1 aromatic carbocycles. The first-order valence-corrected chi connectivity index (χ1v) is 5.56. The molecule has 5 heteroatoms. The number of nitrogen functional groups attached to an aromatic ring is 1. The minimum Gasteiger partial charge on any atom is -0.399 e. The van der Waals surface area contributed by atoms with Crippen molar-refractivity contribution >= 4 is 23.2 Å². The van der Waals surface area contributed by atoms with Gasteiger partial charge >= 0.3 is 0 Å². The number of amides is 1. The van der Waals surface area contributed by atoms with E-state index in [-0.39, 0.29) is 5.91 Å². The number of anilines is 1. The Hall–Kier alpha value is -1.26. The molecular formula is C11H13ClN2O2. The van der Waals surface area contributed by atoms with Crippen LogP contribution in [0.5, 0.6) is 0 Å². The normalized spacial score (nSPS) is 16.2. The highest BCUT2D eigenvalue weighted by molar-refractivity contribution is 6.33.